The van der Waals surface area contributed by atoms with Crippen molar-refractivity contribution in [2.75, 3.05) is 0 Å². The molecule has 0 nitrogen and oxygen atoms in total. The molecular weight excluding hydrogens is 1200 g/mol. The molecule has 0 aromatic carbocycles. The van der Waals surface area contributed by atoms with Gasteiger partial charge in [0.1, 0.15) is 0 Å². The van der Waals surface area contributed by atoms with Crippen LogP contribution in [-0.2, 0) is 0 Å². The number of hydrogen-bond donors (Lipinski definition) is 0. The van der Waals surface area contributed by atoms with E-state index in [1.807, 2.05) is 0 Å². The van der Waals surface area contributed by atoms with E-state index in [1.165, 1.54) is 0 Å². The first-order chi connectivity index (χ1) is 0. The predicted molar refractivity (Wildman–Crippen MR) is 0 cm³/mol. The summed E-state index contributed by atoms with van der Waals surface area (Å²) < 4.78 is 0. The Morgan fingerprint density at radius 3 is 0.400 bits per heavy atom. The fourth-order valence-electron chi connectivity index (χ4n) is 0. The van der Waals surface area contributed by atoms with Gasteiger partial charge in [0.15, 0.2) is 0 Å². The molecule has 0 saturated heterocycles. The smallest absolute Gasteiger partial charge is 1.00 e. The van der Waals surface area contributed by atoms with Gasteiger partial charge in [-0.2, -0.15) is 0 Å². The molecule has 0 aromatic heterocycles. The molecule has 60 valence electrons. The third kappa shape index (κ3) is 54.1. The van der Waals surface area contributed by atoms with Crippen molar-refractivity contribution in [3.8, 4) is 0 Å². The van der Waals surface area contributed by atoms with Gasteiger partial charge in [-0.25, -0.2) is 0 Å². The molecule has 0 aromatic rings. The standard InChI is InChI=1S/Ce.7HI.Na.Sm/h;7*1H;;/q+3;;;;;;;;+1;+3/p-7. The van der Waals surface area contributed by atoms with Crippen LogP contribution in [0.15, 0.2) is 0 Å². The van der Waals surface area contributed by atoms with E-state index < -0.39 is 0 Å². The second kappa shape index (κ2) is 64.8. The molecule has 0 aliphatic rings. The van der Waals surface area contributed by atoms with Gasteiger partial charge in [0, 0.05) is 0 Å². The van der Waals surface area contributed by atoms with Crippen LogP contribution in [0.4, 0.5) is 0 Å². The number of hydrogen-bond acceptors (Lipinski definition) is 0. The van der Waals surface area contributed by atoms with Gasteiger partial charge in [-0.15, -0.1) is 0 Å². The minimum atomic E-state index is 0. The molecule has 0 bridgehead atoms. The van der Waals surface area contributed by atoms with E-state index in [1.54, 1.807) is 0 Å². The Bertz CT molecular complexity index is 13.6. The van der Waals surface area contributed by atoms with Crippen molar-refractivity contribution in [3.63, 3.8) is 0 Å². The zero-order valence-corrected chi connectivity index (χ0v) is 27.4. The molecule has 10 heteroatoms. The first kappa shape index (κ1) is 76.8. The fourth-order valence-corrected chi connectivity index (χ4v) is 0. The third-order valence-corrected chi connectivity index (χ3v) is 0. The Morgan fingerprint density at radius 1 is 0.400 bits per heavy atom. The van der Waals surface area contributed by atoms with E-state index in [2.05, 4.69) is 0 Å². The van der Waals surface area contributed by atoms with Crippen molar-refractivity contribution < 1.29 is 280 Å². The molecule has 0 aliphatic heterocycles. The fraction of sp³-hybridized carbons (Fsp3) is 0. The minimum Gasteiger partial charge on any atom is -1.00 e. The summed E-state index contributed by atoms with van der Waals surface area (Å²) >= 11 is 0. The first-order valence-corrected chi connectivity index (χ1v) is 0. The van der Waals surface area contributed by atoms with E-state index in [4.69, 9.17) is 0 Å². The summed E-state index contributed by atoms with van der Waals surface area (Å²) in [6.45, 7) is 0. The summed E-state index contributed by atoms with van der Waals surface area (Å²) in [5, 5.41) is 0. The van der Waals surface area contributed by atoms with E-state index in [0.29, 0.717) is 0 Å². The van der Waals surface area contributed by atoms with Gasteiger partial charge in [0.25, 0.3) is 0 Å². The van der Waals surface area contributed by atoms with Crippen molar-refractivity contribution in [3.05, 3.63) is 0 Å². The van der Waals surface area contributed by atoms with Crippen LogP contribution in [0.5, 0.6) is 0 Å². The molecule has 2 radical (unpaired) electrons. The van der Waals surface area contributed by atoms with E-state index in [9.17, 15) is 0 Å². The molecule has 0 N–H and O–H groups in total. The summed E-state index contributed by atoms with van der Waals surface area (Å²) in [5.74, 6) is 0. The first-order valence-electron chi connectivity index (χ1n) is 0. The Kier molecular flexibility index (Phi) is 498. The van der Waals surface area contributed by atoms with Crippen molar-refractivity contribution in [2.24, 2.45) is 0 Å². The van der Waals surface area contributed by atoms with Gasteiger partial charge in [-0.1, -0.05) is 0 Å². The molecule has 0 spiro atoms. The second-order valence-corrected chi connectivity index (χ2v) is 0. The molecule has 0 aliphatic carbocycles. The predicted octanol–water partition coefficient (Wildman–Crippen LogP) is -24.0. The SMILES string of the molecule is [Ce+3].[I-].[I-].[I-].[I-].[I-].[I-].[I-].[Na+].[Sm+3]. The molecule has 0 saturated carbocycles. The van der Waals surface area contributed by atoms with Gasteiger partial charge >= 0.3 is 112 Å². The van der Waals surface area contributed by atoms with Crippen LogP contribution in [0.1, 0.15) is 0 Å². The van der Waals surface area contributed by atoms with Gasteiger partial charge in [0.05, 0.1) is 0 Å². The van der Waals surface area contributed by atoms with Crippen LogP contribution >= 0.6 is 0 Å². The monoisotopic (exact) mass is 1200 g/mol. The molecule has 0 atom stereocenters. The second-order valence-electron chi connectivity index (χ2n) is 0. The van der Waals surface area contributed by atoms with Gasteiger partial charge < -0.3 is 168 Å². The third-order valence-electron chi connectivity index (χ3n) is 0. The Morgan fingerprint density at radius 2 is 0.400 bits per heavy atom. The van der Waals surface area contributed by atoms with Gasteiger partial charge in [0.2, 0.25) is 0 Å². The van der Waals surface area contributed by atoms with Crippen LogP contribution < -0.4 is 197 Å². The van der Waals surface area contributed by atoms with Crippen LogP contribution in [0, 0.1) is 82.1 Å². The summed E-state index contributed by atoms with van der Waals surface area (Å²) in [4.78, 5) is 0. The summed E-state index contributed by atoms with van der Waals surface area (Å²) in [5.41, 5.74) is 0. The maximum atomic E-state index is 0. The maximum Gasteiger partial charge on any atom is 3.00 e. The van der Waals surface area contributed by atoms with Crippen LogP contribution in [-0.4, -0.2) is 0 Å². The number of rotatable bonds is 0. The summed E-state index contributed by atoms with van der Waals surface area (Å²) in [7, 11) is 0. The van der Waals surface area contributed by atoms with E-state index in [0.717, 1.165) is 0 Å². The topological polar surface area (TPSA) is 0 Å². The Labute approximate surface area is 270 Å². The van der Waals surface area contributed by atoms with Crippen molar-refractivity contribution in [2.45, 2.75) is 0 Å². The van der Waals surface area contributed by atoms with Gasteiger partial charge in [-0.05, 0) is 0 Å². The zero-order chi connectivity index (χ0) is 0. The Balaban J connectivity index is 0. The average Bonchev–Trinajstić information content (AvgIpc) is 0. The maximum absolute atomic E-state index is 0. The normalized spacial score (nSPS) is 0. The average molecular weight is 1200 g/mol. The molecule has 0 rings (SSSR count). The van der Waals surface area contributed by atoms with Crippen LogP contribution in [0.2, 0.25) is 0 Å². The quantitative estimate of drug-likeness (QED) is 0.168. The van der Waals surface area contributed by atoms with Crippen molar-refractivity contribution >= 4 is 0 Å². The number of halogens is 7. The van der Waals surface area contributed by atoms with Crippen LogP contribution in [0.3, 0.4) is 0 Å². The zero-order valence-electron chi connectivity index (χ0n) is 4.55. The molecular formula is CeI7NaSm. The molecule has 0 heterocycles. The summed E-state index contributed by atoms with van der Waals surface area (Å²) in [6.07, 6.45) is 0. The molecule has 10 heavy (non-hydrogen) atoms. The Hall–Kier alpha value is 8.82. The van der Waals surface area contributed by atoms with E-state index in [-0.39, 0.29) is 280 Å². The molecule has 0 unspecified atom stereocenters. The van der Waals surface area contributed by atoms with Gasteiger partial charge in [-0.3, -0.25) is 0 Å². The summed E-state index contributed by atoms with van der Waals surface area (Å²) in [6, 6.07) is 0. The van der Waals surface area contributed by atoms with Crippen LogP contribution in [0.25, 0.3) is 0 Å². The molecule has 0 amide bonds. The van der Waals surface area contributed by atoms with Crippen molar-refractivity contribution in [1.29, 1.82) is 0 Å². The van der Waals surface area contributed by atoms with Crippen molar-refractivity contribution in [1.82, 2.24) is 0 Å². The minimum absolute atomic E-state index is 0. The largest absolute Gasteiger partial charge is 3.00 e. The van der Waals surface area contributed by atoms with E-state index >= 15 is 0 Å². The molecule has 0 fully saturated rings.